The lowest BCUT2D eigenvalue weighted by atomic mass is 9.96. The van der Waals surface area contributed by atoms with Crippen molar-refractivity contribution in [1.82, 2.24) is 4.98 Å². The molecule has 3 aromatic rings. The lowest BCUT2D eigenvalue weighted by molar-refractivity contribution is -0.139. The van der Waals surface area contributed by atoms with Crippen LogP contribution in [-0.4, -0.2) is 23.7 Å². The quantitative estimate of drug-likeness (QED) is 0.407. The van der Waals surface area contributed by atoms with Crippen molar-refractivity contribution < 1.29 is 31.1 Å². The molecule has 0 radical (unpaired) electrons. The molecule has 0 aliphatic carbocycles. The molecule has 2 aromatic carbocycles. The van der Waals surface area contributed by atoms with E-state index in [1.807, 2.05) is 4.90 Å². The van der Waals surface area contributed by atoms with Crippen LogP contribution < -0.4 is 10.5 Å². The predicted octanol–water partition coefficient (Wildman–Crippen LogP) is 6.53. The van der Waals surface area contributed by atoms with Gasteiger partial charge in [-0.15, -0.1) is 0 Å². The van der Waals surface area contributed by atoms with E-state index in [1.54, 1.807) is 13.0 Å². The third-order valence-electron chi connectivity index (χ3n) is 6.38. The number of fused-ring (bicyclic) bond motifs is 1. The second kappa shape index (κ2) is 9.56. The van der Waals surface area contributed by atoms with Gasteiger partial charge in [0.05, 0.1) is 29.9 Å². The molecule has 0 spiro atoms. The molecule has 1 aromatic heterocycles. The number of halogens is 6. The summed E-state index contributed by atoms with van der Waals surface area (Å²) in [5, 5.41) is -0.119. The number of pyridine rings is 1. The highest BCUT2D eigenvalue weighted by molar-refractivity contribution is 5.86. The van der Waals surface area contributed by atoms with E-state index in [2.05, 4.69) is 4.98 Å². The first kappa shape index (κ1) is 25.1. The molecule has 0 amide bonds. The van der Waals surface area contributed by atoms with Crippen LogP contribution in [0.3, 0.4) is 0 Å². The van der Waals surface area contributed by atoms with Gasteiger partial charge in [-0.1, -0.05) is 18.2 Å². The van der Waals surface area contributed by atoms with Gasteiger partial charge in [-0.05, 0) is 56.0 Å². The standard InChI is InChI=1S/C25H24F6N2O2/c1-15(35-14-16-6-2-3-7-19(16)24(26,27)28)22-8-4-5-11-33(22)17-9-10-21-18(12-17)20(25(29,30)31)13-23(34)32-21/h2-3,6-7,9-10,12-13,15,22H,4-5,8,11,14H2,1H3,(H,32,34). The number of H-pyrrole nitrogens is 1. The maximum atomic E-state index is 13.6. The van der Waals surface area contributed by atoms with E-state index in [0.717, 1.165) is 18.9 Å². The first-order valence-corrected chi connectivity index (χ1v) is 11.2. The number of rotatable bonds is 5. The second-order valence-electron chi connectivity index (χ2n) is 8.70. The molecular formula is C25H24F6N2O2. The molecule has 10 heteroatoms. The number of nitrogens with one attached hydrogen (secondary N) is 1. The Morgan fingerprint density at radius 3 is 2.43 bits per heavy atom. The fourth-order valence-corrected chi connectivity index (χ4v) is 4.68. The van der Waals surface area contributed by atoms with Crippen LogP contribution in [0.1, 0.15) is 42.9 Å². The Bertz CT molecular complexity index is 1250. The zero-order valence-electron chi connectivity index (χ0n) is 18.8. The van der Waals surface area contributed by atoms with Crippen LogP contribution in [0.4, 0.5) is 32.0 Å². The maximum Gasteiger partial charge on any atom is 0.417 e. The fourth-order valence-electron chi connectivity index (χ4n) is 4.68. The van der Waals surface area contributed by atoms with Gasteiger partial charge >= 0.3 is 12.4 Å². The van der Waals surface area contributed by atoms with Gasteiger partial charge in [-0.3, -0.25) is 4.79 Å². The molecule has 4 rings (SSSR count). The number of hydrogen-bond acceptors (Lipinski definition) is 3. The molecule has 1 fully saturated rings. The van der Waals surface area contributed by atoms with Crippen molar-refractivity contribution in [1.29, 1.82) is 0 Å². The minimum atomic E-state index is -4.70. The largest absolute Gasteiger partial charge is 0.417 e. The lowest BCUT2D eigenvalue weighted by Gasteiger charge is -2.41. The molecule has 1 aliphatic heterocycles. The van der Waals surface area contributed by atoms with Crippen molar-refractivity contribution in [2.75, 3.05) is 11.4 Å². The summed E-state index contributed by atoms with van der Waals surface area (Å²) in [4.78, 5) is 16.1. The van der Waals surface area contributed by atoms with Gasteiger partial charge in [0.2, 0.25) is 5.56 Å². The average Bonchev–Trinajstić information content (AvgIpc) is 2.80. The number of hydrogen-bond donors (Lipinski definition) is 1. The van der Waals surface area contributed by atoms with E-state index in [-0.39, 0.29) is 29.1 Å². The Morgan fingerprint density at radius 2 is 1.71 bits per heavy atom. The molecule has 1 aliphatic rings. The van der Waals surface area contributed by atoms with Crippen molar-refractivity contribution in [3.05, 3.63) is 75.6 Å². The van der Waals surface area contributed by atoms with Gasteiger partial charge in [0.15, 0.2) is 0 Å². The third-order valence-corrected chi connectivity index (χ3v) is 6.38. The summed E-state index contributed by atoms with van der Waals surface area (Å²) in [5.74, 6) is 0. The first-order chi connectivity index (χ1) is 16.4. The number of ether oxygens (including phenoxy) is 1. The highest BCUT2D eigenvalue weighted by Crippen LogP contribution is 2.37. The van der Waals surface area contributed by atoms with Gasteiger partial charge in [-0.25, -0.2) is 0 Å². The van der Waals surface area contributed by atoms with Crippen LogP contribution in [0.25, 0.3) is 10.9 Å². The van der Waals surface area contributed by atoms with Crippen molar-refractivity contribution in [3.63, 3.8) is 0 Å². The van der Waals surface area contributed by atoms with E-state index in [4.69, 9.17) is 4.74 Å². The van der Waals surface area contributed by atoms with Gasteiger partial charge in [0, 0.05) is 29.2 Å². The van der Waals surface area contributed by atoms with Gasteiger partial charge < -0.3 is 14.6 Å². The van der Waals surface area contributed by atoms with Crippen LogP contribution in [-0.2, 0) is 23.7 Å². The molecule has 1 saturated heterocycles. The minimum Gasteiger partial charge on any atom is -0.372 e. The molecule has 35 heavy (non-hydrogen) atoms. The number of piperidine rings is 1. The van der Waals surface area contributed by atoms with Crippen LogP contribution in [0.2, 0.25) is 0 Å². The van der Waals surface area contributed by atoms with E-state index in [9.17, 15) is 31.1 Å². The van der Waals surface area contributed by atoms with E-state index >= 15 is 0 Å². The summed E-state index contributed by atoms with van der Waals surface area (Å²) in [6.07, 6.45) is -7.32. The lowest BCUT2D eigenvalue weighted by Crippen LogP contribution is -2.47. The van der Waals surface area contributed by atoms with Crippen LogP contribution >= 0.6 is 0 Å². The zero-order chi connectivity index (χ0) is 25.4. The Morgan fingerprint density at radius 1 is 1.00 bits per heavy atom. The number of aromatic nitrogens is 1. The molecule has 0 saturated carbocycles. The number of nitrogens with zero attached hydrogens (tertiary/aromatic N) is 1. The molecule has 0 bridgehead atoms. The monoisotopic (exact) mass is 498 g/mol. The molecule has 188 valence electrons. The topological polar surface area (TPSA) is 45.3 Å². The normalized spacial score (nSPS) is 18.1. The summed E-state index contributed by atoms with van der Waals surface area (Å²) in [6.45, 7) is 2.09. The summed E-state index contributed by atoms with van der Waals surface area (Å²) >= 11 is 0. The Kier molecular flexibility index (Phi) is 6.86. The highest BCUT2D eigenvalue weighted by Gasteiger charge is 2.35. The predicted molar refractivity (Wildman–Crippen MR) is 120 cm³/mol. The summed E-state index contributed by atoms with van der Waals surface area (Å²) in [5.41, 5.74) is -1.97. The van der Waals surface area contributed by atoms with Crippen LogP contribution in [0.5, 0.6) is 0 Å². The molecule has 2 heterocycles. The highest BCUT2D eigenvalue weighted by atomic mass is 19.4. The second-order valence-corrected chi connectivity index (χ2v) is 8.70. The van der Waals surface area contributed by atoms with E-state index in [1.165, 1.54) is 30.3 Å². The summed E-state index contributed by atoms with van der Waals surface area (Å²) in [6, 6.07) is 10.0. The Hall–Kier alpha value is -3.01. The van der Waals surface area contributed by atoms with Gasteiger partial charge in [0.1, 0.15) is 0 Å². The summed E-state index contributed by atoms with van der Waals surface area (Å²) in [7, 11) is 0. The molecule has 2 atom stereocenters. The van der Waals surface area contributed by atoms with Crippen molar-refractivity contribution in [2.24, 2.45) is 0 Å². The van der Waals surface area contributed by atoms with Gasteiger partial charge in [0.25, 0.3) is 0 Å². The first-order valence-electron chi connectivity index (χ1n) is 11.2. The fraction of sp³-hybridized carbons (Fsp3) is 0.400. The molecular weight excluding hydrogens is 474 g/mol. The minimum absolute atomic E-state index is 0.0266. The summed E-state index contributed by atoms with van der Waals surface area (Å²) < 4.78 is 86.6. The smallest absolute Gasteiger partial charge is 0.372 e. The molecule has 2 unspecified atom stereocenters. The third kappa shape index (κ3) is 5.47. The van der Waals surface area contributed by atoms with Crippen molar-refractivity contribution in [3.8, 4) is 0 Å². The molecule has 1 N–H and O–H groups in total. The average molecular weight is 498 g/mol. The maximum absolute atomic E-state index is 13.6. The van der Waals surface area contributed by atoms with Crippen molar-refractivity contribution in [2.45, 2.75) is 57.3 Å². The van der Waals surface area contributed by atoms with Crippen LogP contribution in [0.15, 0.2) is 53.3 Å². The number of anilines is 1. The Labute approximate surface area is 197 Å². The van der Waals surface area contributed by atoms with E-state index in [0.29, 0.717) is 24.7 Å². The zero-order valence-corrected chi connectivity index (χ0v) is 18.8. The van der Waals surface area contributed by atoms with Crippen molar-refractivity contribution >= 4 is 16.6 Å². The Balaban J connectivity index is 1.61. The van der Waals surface area contributed by atoms with Gasteiger partial charge in [-0.2, -0.15) is 26.3 Å². The SMILES string of the molecule is CC(OCc1ccccc1C(F)(F)F)C1CCCCN1c1ccc2[nH]c(=O)cc(C(F)(F)F)c2c1. The number of alkyl halides is 6. The number of aromatic amines is 1. The molecule has 4 nitrogen and oxygen atoms in total. The van der Waals surface area contributed by atoms with Crippen LogP contribution in [0, 0.1) is 0 Å². The number of benzene rings is 2. The van der Waals surface area contributed by atoms with E-state index < -0.39 is 35.1 Å².